The summed E-state index contributed by atoms with van der Waals surface area (Å²) < 4.78 is 36.9. The van der Waals surface area contributed by atoms with E-state index in [2.05, 4.69) is 15.0 Å². The fraction of sp³-hybridized carbons (Fsp3) is 0.333. The number of rotatable bonds is 8. The molecule has 144 valence electrons. The van der Waals surface area contributed by atoms with E-state index in [1.54, 1.807) is 12.1 Å². The largest absolute Gasteiger partial charge is 0.377 e. The molecule has 0 unspecified atom stereocenters. The van der Waals surface area contributed by atoms with E-state index in [-0.39, 0.29) is 25.0 Å². The molecule has 1 atom stereocenters. The quantitative estimate of drug-likeness (QED) is 0.739. The van der Waals surface area contributed by atoms with E-state index in [1.165, 1.54) is 18.4 Å². The topological polar surface area (TPSA) is 102 Å². The summed E-state index contributed by atoms with van der Waals surface area (Å²) in [4.78, 5) is 12.3. The number of nitrogens with one attached hydrogen (secondary N) is 1. The normalized spacial score (nSPS) is 17.6. The van der Waals surface area contributed by atoms with Crippen molar-refractivity contribution in [2.75, 3.05) is 25.0 Å². The summed E-state index contributed by atoms with van der Waals surface area (Å²) >= 11 is 0. The Morgan fingerprint density at radius 2 is 2.11 bits per heavy atom. The van der Waals surface area contributed by atoms with Crippen molar-refractivity contribution < 1.29 is 22.5 Å². The monoisotopic (exact) mass is 391 g/mol. The van der Waals surface area contributed by atoms with E-state index in [0.29, 0.717) is 6.61 Å². The first-order valence-electron chi connectivity index (χ1n) is 8.58. The highest BCUT2D eigenvalue weighted by Gasteiger charge is 2.28. The molecule has 0 saturated carbocycles. The van der Waals surface area contributed by atoms with Crippen LogP contribution >= 0.6 is 0 Å². The number of benzene rings is 1. The lowest BCUT2D eigenvalue weighted by Crippen LogP contribution is -2.41. The minimum Gasteiger partial charge on any atom is -0.377 e. The van der Waals surface area contributed by atoms with Crippen molar-refractivity contribution in [3.8, 4) is 0 Å². The summed E-state index contributed by atoms with van der Waals surface area (Å²) in [5.41, 5.74) is 0.755. The lowest BCUT2D eigenvalue weighted by Gasteiger charge is -2.22. The molecule has 1 aliphatic rings. The average Bonchev–Trinajstić information content (AvgIpc) is 3.34. The summed E-state index contributed by atoms with van der Waals surface area (Å²) in [7, 11) is -3.81. The summed E-state index contributed by atoms with van der Waals surface area (Å²) in [5, 5.41) is 7.21. The van der Waals surface area contributed by atoms with Gasteiger partial charge in [0.2, 0.25) is 15.9 Å². The third-order valence-corrected chi connectivity index (χ3v) is 5.53. The van der Waals surface area contributed by atoms with Crippen LogP contribution < -0.4 is 5.32 Å². The first-order chi connectivity index (χ1) is 13.0. The molecule has 1 N–H and O–H groups in total. The van der Waals surface area contributed by atoms with Crippen molar-refractivity contribution >= 4 is 27.8 Å². The summed E-state index contributed by atoms with van der Waals surface area (Å²) in [5.74, 6) is -0.270. The van der Waals surface area contributed by atoms with E-state index < -0.39 is 15.9 Å². The van der Waals surface area contributed by atoms with Crippen LogP contribution in [0.25, 0.3) is 6.08 Å². The molecule has 2 heterocycles. The molecule has 3 rings (SSSR count). The second-order valence-corrected chi connectivity index (χ2v) is 7.94. The standard InChI is InChI=1S/C18H21N3O5S/c22-18(19-17-8-11-26-20-17)14-21(13-16-7-4-10-25-16)27(23,24)12-9-15-5-2-1-3-6-15/h1-3,5-6,8-9,11-12,16H,4,7,10,13-14H2,(H,19,20,22)/b12-9+/t16-/m1/s1. The smallest absolute Gasteiger partial charge is 0.240 e. The highest BCUT2D eigenvalue weighted by atomic mass is 32.2. The van der Waals surface area contributed by atoms with E-state index in [0.717, 1.165) is 28.1 Å². The Morgan fingerprint density at radius 1 is 1.30 bits per heavy atom. The number of hydrogen-bond donors (Lipinski definition) is 1. The number of aromatic nitrogens is 1. The van der Waals surface area contributed by atoms with Gasteiger partial charge in [0, 0.05) is 24.6 Å². The second kappa shape index (κ2) is 8.94. The minimum absolute atomic E-state index is 0.119. The Hall–Kier alpha value is -2.49. The van der Waals surface area contributed by atoms with E-state index in [4.69, 9.17) is 4.74 Å². The molecule has 1 aromatic carbocycles. The lowest BCUT2D eigenvalue weighted by molar-refractivity contribution is -0.116. The number of sulfonamides is 1. The Kier molecular flexibility index (Phi) is 6.38. The van der Waals surface area contributed by atoms with Crippen molar-refractivity contribution in [3.63, 3.8) is 0 Å². The van der Waals surface area contributed by atoms with Crippen LogP contribution in [0.4, 0.5) is 5.82 Å². The molecule has 1 saturated heterocycles. The second-order valence-electron chi connectivity index (χ2n) is 6.12. The molecule has 1 aliphatic heterocycles. The number of amides is 1. The molecule has 1 amide bonds. The average molecular weight is 391 g/mol. The molecule has 0 aliphatic carbocycles. The molecule has 1 fully saturated rings. The highest BCUT2D eigenvalue weighted by molar-refractivity contribution is 7.92. The van der Waals surface area contributed by atoms with Gasteiger partial charge in [-0.1, -0.05) is 35.5 Å². The SMILES string of the molecule is O=C(CN(C[C@H]1CCCO1)S(=O)(=O)/C=C/c1ccccc1)Nc1ccon1. The molecule has 9 heteroatoms. The van der Waals surface area contributed by atoms with Crippen molar-refractivity contribution in [1.82, 2.24) is 9.46 Å². The molecule has 8 nitrogen and oxygen atoms in total. The van der Waals surface area contributed by atoms with Gasteiger partial charge in [-0.3, -0.25) is 4.79 Å². The van der Waals surface area contributed by atoms with Crippen LogP contribution in [0.2, 0.25) is 0 Å². The van der Waals surface area contributed by atoms with Gasteiger partial charge in [0.15, 0.2) is 5.82 Å². The summed E-state index contributed by atoms with van der Waals surface area (Å²) in [6.45, 7) is 0.380. The van der Waals surface area contributed by atoms with E-state index >= 15 is 0 Å². The van der Waals surface area contributed by atoms with Crippen LogP contribution in [0.1, 0.15) is 18.4 Å². The number of anilines is 1. The van der Waals surface area contributed by atoms with E-state index in [9.17, 15) is 13.2 Å². The lowest BCUT2D eigenvalue weighted by atomic mass is 10.2. The van der Waals surface area contributed by atoms with Gasteiger partial charge in [0.05, 0.1) is 12.6 Å². The molecule has 2 aromatic rings. The molecule has 1 aromatic heterocycles. The van der Waals surface area contributed by atoms with E-state index in [1.807, 2.05) is 18.2 Å². The number of ether oxygens (including phenoxy) is 1. The fourth-order valence-electron chi connectivity index (χ4n) is 2.71. The van der Waals surface area contributed by atoms with Gasteiger partial charge in [-0.25, -0.2) is 8.42 Å². The summed E-state index contributed by atoms with van der Waals surface area (Å²) in [6, 6.07) is 10.6. The highest BCUT2D eigenvalue weighted by Crippen LogP contribution is 2.17. The van der Waals surface area contributed by atoms with Gasteiger partial charge in [-0.2, -0.15) is 4.31 Å². The molecule has 0 spiro atoms. The Morgan fingerprint density at radius 3 is 2.78 bits per heavy atom. The third kappa shape index (κ3) is 5.75. The maximum absolute atomic E-state index is 12.8. The van der Waals surface area contributed by atoms with Crippen LogP contribution in [0.5, 0.6) is 0 Å². The van der Waals surface area contributed by atoms with Gasteiger partial charge >= 0.3 is 0 Å². The molecule has 0 radical (unpaired) electrons. The number of carbonyl (C=O) groups is 1. The number of nitrogens with zero attached hydrogens (tertiary/aromatic N) is 2. The van der Waals surface area contributed by atoms with Crippen molar-refractivity contribution in [1.29, 1.82) is 0 Å². The van der Waals surface area contributed by atoms with Crippen LogP contribution in [0, 0.1) is 0 Å². The number of carbonyl (C=O) groups excluding carboxylic acids is 1. The number of hydrogen-bond acceptors (Lipinski definition) is 6. The summed E-state index contributed by atoms with van der Waals surface area (Å²) in [6.07, 6.45) is 4.25. The molecule has 27 heavy (non-hydrogen) atoms. The van der Waals surface area contributed by atoms with Gasteiger partial charge in [-0.15, -0.1) is 0 Å². The maximum atomic E-state index is 12.8. The Balaban J connectivity index is 1.73. The zero-order valence-electron chi connectivity index (χ0n) is 14.7. The van der Waals surface area contributed by atoms with Crippen LogP contribution in [-0.4, -0.2) is 49.6 Å². The first kappa shape index (κ1) is 19.3. The molecule has 0 bridgehead atoms. The molecular formula is C18H21N3O5S. The Labute approximate surface area is 157 Å². The van der Waals surface area contributed by atoms with Gasteiger partial charge in [-0.05, 0) is 24.5 Å². The third-order valence-electron chi connectivity index (χ3n) is 4.05. The molecular weight excluding hydrogens is 370 g/mol. The van der Waals surface area contributed by atoms with Gasteiger partial charge < -0.3 is 14.6 Å². The van der Waals surface area contributed by atoms with Crippen LogP contribution in [-0.2, 0) is 19.6 Å². The van der Waals surface area contributed by atoms with Crippen LogP contribution in [0.15, 0.2) is 52.6 Å². The predicted octanol–water partition coefficient (Wildman–Crippen LogP) is 2.09. The van der Waals surface area contributed by atoms with Gasteiger partial charge in [0.25, 0.3) is 0 Å². The maximum Gasteiger partial charge on any atom is 0.240 e. The van der Waals surface area contributed by atoms with Crippen molar-refractivity contribution in [2.45, 2.75) is 18.9 Å². The zero-order chi connectivity index (χ0) is 19.1. The van der Waals surface area contributed by atoms with Crippen LogP contribution in [0.3, 0.4) is 0 Å². The minimum atomic E-state index is -3.81. The predicted molar refractivity (Wildman–Crippen MR) is 100 cm³/mol. The fourth-order valence-corrected chi connectivity index (χ4v) is 3.88. The van der Waals surface area contributed by atoms with Gasteiger partial charge in [0.1, 0.15) is 6.26 Å². The Bertz CT molecular complexity index is 860. The first-order valence-corrected chi connectivity index (χ1v) is 10.1. The zero-order valence-corrected chi connectivity index (χ0v) is 15.5. The van der Waals surface area contributed by atoms with Crippen molar-refractivity contribution in [3.05, 3.63) is 53.6 Å². The van der Waals surface area contributed by atoms with Crippen molar-refractivity contribution in [2.24, 2.45) is 0 Å².